The summed E-state index contributed by atoms with van der Waals surface area (Å²) in [6, 6.07) is 3.30. The second-order valence-corrected chi connectivity index (χ2v) is 8.00. The first-order chi connectivity index (χ1) is 13.6. The third kappa shape index (κ3) is 4.27. The molecule has 0 unspecified atom stereocenters. The number of nitrogens with zero attached hydrogens (tertiary/aromatic N) is 5. The van der Waals surface area contributed by atoms with Gasteiger partial charge in [-0.15, -0.1) is 0 Å². The van der Waals surface area contributed by atoms with Crippen LogP contribution >= 0.6 is 11.6 Å². The van der Waals surface area contributed by atoms with Crippen molar-refractivity contribution in [1.29, 1.82) is 5.41 Å². The number of benzene rings is 1. The summed E-state index contributed by atoms with van der Waals surface area (Å²) in [6.07, 6.45) is 1.34. The van der Waals surface area contributed by atoms with Gasteiger partial charge in [-0.2, -0.15) is 0 Å². The first-order valence-corrected chi connectivity index (χ1v) is 9.80. The van der Waals surface area contributed by atoms with Crippen LogP contribution in [0.2, 0.25) is 5.02 Å². The van der Waals surface area contributed by atoms with Crippen LogP contribution in [-0.2, 0) is 23.6 Å². The molecular formula is C15H15ClFN7O4S. The van der Waals surface area contributed by atoms with Gasteiger partial charge >= 0.3 is 0 Å². The predicted molar refractivity (Wildman–Crippen MR) is 98.8 cm³/mol. The molecule has 11 nitrogen and oxygen atoms in total. The molecule has 29 heavy (non-hydrogen) atoms. The summed E-state index contributed by atoms with van der Waals surface area (Å²) >= 11 is 5.68. The lowest BCUT2D eigenvalue weighted by Gasteiger charge is -2.16. The van der Waals surface area contributed by atoms with Gasteiger partial charge < -0.3 is 4.57 Å². The second-order valence-electron chi connectivity index (χ2n) is 5.88. The summed E-state index contributed by atoms with van der Waals surface area (Å²) in [4.78, 5) is 3.94. The fourth-order valence-electron chi connectivity index (χ4n) is 2.24. The van der Waals surface area contributed by atoms with Crippen LogP contribution in [0.25, 0.3) is 0 Å². The van der Waals surface area contributed by atoms with E-state index in [4.69, 9.17) is 17.0 Å². The smallest absolute Gasteiger partial charge is 0.259 e. The van der Waals surface area contributed by atoms with E-state index in [1.165, 1.54) is 12.3 Å². The van der Waals surface area contributed by atoms with E-state index in [1.54, 1.807) is 18.5 Å². The summed E-state index contributed by atoms with van der Waals surface area (Å²) in [6.45, 7) is 1.27. The zero-order valence-electron chi connectivity index (χ0n) is 15.1. The highest BCUT2D eigenvalue weighted by molar-refractivity contribution is 7.89. The van der Waals surface area contributed by atoms with Crippen molar-refractivity contribution in [1.82, 2.24) is 24.6 Å². The highest BCUT2D eigenvalue weighted by Gasteiger charge is 2.24. The quantitative estimate of drug-likeness (QED) is 0.295. The molecule has 154 valence electrons. The van der Waals surface area contributed by atoms with E-state index < -0.39 is 21.7 Å². The number of nitrogens with one attached hydrogen (secondary N) is 2. The average molecular weight is 444 g/mol. The summed E-state index contributed by atoms with van der Waals surface area (Å²) in [7, 11) is -2.31. The third-order valence-electron chi connectivity index (χ3n) is 3.93. The Balaban J connectivity index is 1.78. The zero-order chi connectivity index (χ0) is 21.3. The van der Waals surface area contributed by atoms with Crippen LogP contribution < -0.4 is 9.79 Å². The van der Waals surface area contributed by atoms with Gasteiger partial charge in [-0.3, -0.25) is 10.6 Å². The highest BCUT2D eigenvalue weighted by atomic mass is 35.5. The van der Waals surface area contributed by atoms with E-state index in [1.807, 2.05) is 0 Å². The van der Waals surface area contributed by atoms with Crippen LogP contribution in [0.15, 0.2) is 34.1 Å². The van der Waals surface area contributed by atoms with E-state index >= 15 is 0 Å². The molecule has 2 heterocycles. The Morgan fingerprint density at radius 1 is 1.45 bits per heavy atom. The molecule has 1 aromatic carbocycles. The van der Waals surface area contributed by atoms with Gasteiger partial charge in [0.2, 0.25) is 0 Å². The molecule has 0 aliphatic carbocycles. The second kappa shape index (κ2) is 7.87. The van der Waals surface area contributed by atoms with Gasteiger partial charge in [-0.05, 0) is 30.3 Å². The number of halogens is 2. The Kier molecular flexibility index (Phi) is 5.66. The molecule has 0 saturated heterocycles. The van der Waals surface area contributed by atoms with Gasteiger partial charge in [-0.25, -0.2) is 32.2 Å². The largest absolute Gasteiger partial charge is 0.337 e. The molecule has 2 aromatic heterocycles. The van der Waals surface area contributed by atoms with Crippen molar-refractivity contribution in [3.8, 4) is 0 Å². The van der Waals surface area contributed by atoms with Gasteiger partial charge in [0.1, 0.15) is 17.3 Å². The zero-order valence-corrected chi connectivity index (χ0v) is 16.7. The number of aromatic nitrogens is 4. The first-order valence-electron chi connectivity index (χ1n) is 7.94. The van der Waals surface area contributed by atoms with Crippen molar-refractivity contribution in [2.24, 2.45) is 7.05 Å². The minimum Gasteiger partial charge on any atom is -0.337 e. The number of anilines is 1. The molecule has 3 N–H and O–H groups in total. The van der Waals surface area contributed by atoms with Gasteiger partial charge in [0.05, 0.1) is 17.3 Å². The van der Waals surface area contributed by atoms with Crippen LogP contribution in [-0.4, -0.2) is 39.3 Å². The first kappa shape index (κ1) is 20.9. The van der Waals surface area contributed by atoms with E-state index in [-0.39, 0.29) is 33.7 Å². The fraction of sp³-hybridized carbons (Fsp3) is 0.200. The van der Waals surface area contributed by atoms with Crippen molar-refractivity contribution in [2.45, 2.75) is 18.5 Å². The summed E-state index contributed by atoms with van der Waals surface area (Å²) in [5.41, 5.74) is -0.300. The van der Waals surface area contributed by atoms with Crippen LogP contribution in [0.1, 0.15) is 17.2 Å². The van der Waals surface area contributed by atoms with Crippen molar-refractivity contribution >= 4 is 33.1 Å². The van der Waals surface area contributed by atoms with Gasteiger partial charge in [0.15, 0.2) is 16.6 Å². The van der Waals surface area contributed by atoms with Crippen LogP contribution in [0, 0.1) is 18.2 Å². The SMILES string of the molecule is Cc1nc(S(=O)(=O)NCc2nonc2C(=N)N(O)c2ccc(F)c(Cl)c2)cn1C. The fourth-order valence-corrected chi connectivity index (χ4v) is 3.44. The summed E-state index contributed by atoms with van der Waals surface area (Å²) in [5.74, 6) is -0.778. The summed E-state index contributed by atoms with van der Waals surface area (Å²) in [5, 5.41) is 25.3. The number of imidazole rings is 1. The van der Waals surface area contributed by atoms with E-state index in [0.29, 0.717) is 10.9 Å². The maximum atomic E-state index is 13.3. The van der Waals surface area contributed by atoms with Crippen molar-refractivity contribution in [3.63, 3.8) is 0 Å². The average Bonchev–Trinajstić information content (AvgIpc) is 3.28. The van der Waals surface area contributed by atoms with E-state index in [2.05, 4.69) is 24.6 Å². The Morgan fingerprint density at radius 2 is 2.17 bits per heavy atom. The Hall–Kier alpha value is -2.87. The third-order valence-corrected chi connectivity index (χ3v) is 5.49. The van der Waals surface area contributed by atoms with Crippen molar-refractivity contribution in [3.05, 3.63) is 52.4 Å². The normalized spacial score (nSPS) is 11.6. The molecule has 0 aliphatic heterocycles. The number of amidine groups is 1. The molecule has 3 aromatic rings. The predicted octanol–water partition coefficient (Wildman–Crippen LogP) is 1.60. The van der Waals surface area contributed by atoms with E-state index in [0.717, 1.165) is 12.1 Å². The molecule has 3 rings (SSSR count). The van der Waals surface area contributed by atoms with Crippen molar-refractivity contribution < 1.29 is 22.6 Å². The molecule has 0 aliphatic rings. The summed E-state index contributed by atoms with van der Waals surface area (Å²) < 4.78 is 46.4. The number of rotatable bonds is 6. The molecule has 0 bridgehead atoms. The van der Waals surface area contributed by atoms with Gasteiger partial charge in [0.25, 0.3) is 10.0 Å². The molecular weight excluding hydrogens is 429 g/mol. The van der Waals surface area contributed by atoms with Crippen LogP contribution in [0.4, 0.5) is 10.1 Å². The van der Waals surface area contributed by atoms with E-state index in [9.17, 15) is 18.0 Å². The molecule has 0 radical (unpaired) electrons. The minimum atomic E-state index is -3.96. The van der Waals surface area contributed by atoms with Gasteiger partial charge in [-0.1, -0.05) is 16.8 Å². The molecule has 0 amide bonds. The highest BCUT2D eigenvalue weighted by Crippen LogP contribution is 2.23. The number of sulfonamides is 1. The topological polar surface area (TPSA) is 150 Å². The number of hydroxylamine groups is 1. The molecule has 0 atom stereocenters. The molecule has 0 saturated carbocycles. The number of hydrogen-bond acceptors (Lipinski definition) is 8. The lowest BCUT2D eigenvalue weighted by atomic mass is 10.2. The minimum absolute atomic E-state index is 0.0140. The standard InChI is InChI=1S/C15H15ClFN7O4S/c1-8-20-13(7-23(8)2)29(26,27)19-6-12-14(22-28-21-12)15(18)24(25)9-3-4-11(17)10(16)5-9/h3-5,7,18-19,25H,6H2,1-2H3. The molecule has 0 fully saturated rings. The lowest BCUT2D eigenvalue weighted by molar-refractivity contribution is 0.297. The molecule has 0 spiro atoms. The van der Waals surface area contributed by atoms with Gasteiger partial charge in [0, 0.05) is 13.2 Å². The lowest BCUT2D eigenvalue weighted by Crippen LogP contribution is -2.30. The Morgan fingerprint density at radius 3 is 2.79 bits per heavy atom. The number of aryl methyl sites for hydroxylation is 2. The Bertz CT molecular complexity index is 1160. The number of hydrogen-bond donors (Lipinski definition) is 3. The van der Waals surface area contributed by atoms with Crippen LogP contribution in [0.3, 0.4) is 0 Å². The monoisotopic (exact) mass is 443 g/mol. The Labute approximate surface area is 169 Å². The maximum absolute atomic E-state index is 13.3. The van der Waals surface area contributed by atoms with Crippen LogP contribution in [0.5, 0.6) is 0 Å². The molecule has 14 heteroatoms. The maximum Gasteiger partial charge on any atom is 0.259 e. The van der Waals surface area contributed by atoms with Crippen molar-refractivity contribution in [2.75, 3.05) is 5.06 Å².